The molecule has 0 spiro atoms. The SMILES string of the molecule is N#Cc1ccc(/C=C/C(=O)Nc2n[nH]c(-c3ccccc3)n2)cc1. The summed E-state index contributed by atoms with van der Waals surface area (Å²) in [4.78, 5) is 16.1. The van der Waals surface area contributed by atoms with E-state index in [-0.39, 0.29) is 11.9 Å². The number of nitriles is 1. The molecule has 3 aromatic rings. The number of aromatic amines is 1. The largest absolute Gasteiger partial charge is 0.290 e. The fourth-order valence-electron chi connectivity index (χ4n) is 2.04. The van der Waals surface area contributed by atoms with Crippen molar-refractivity contribution in [2.75, 3.05) is 5.32 Å². The maximum Gasteiger partial charge on any atom is 0.250 e. The number of amides is 1. The van der Waals surface area contributed by atoms with Crippen LogP contribution in [0.2, 0.25) is 0 Å². The van der Waals surface area contributed by atoms with Gasteiger partial charge in [0.15, 0.2) is 5.82 Å². The van der Waals surface area contributed by atoms with E-state index < -0.39 is 0 Å². The Morgan fingerprint density at radius 2 is 1.88 bits per heavy atom. The Labute approximate surface area is 138 Å². The quantitative estimate of drug-likeness (QED) is 0.724. The van der Waals surface area contributed by atoms with Crippen molar-refractivity contribution in [3.63, 3.8) is 0 Å². The average molecular weight is 315 g/mol. The summed E-state index contributed by atoms with van der Waals surface area (Å²) in [6.45, 7) is 0. The van der Waals surface area contributed by atoms with Crippen LogP contribution in [-0.2, 0) is 4.79 Å². The molecule has 0 saturated carbocycles. The fraction of sp³-hybridized carbons (Fsp3) is 0. The van der Waals surface area contributed by atoms with Crippen LogP contribution in [0.4, 0.5) is 5.95 Å². The molecule has 0 bridgehead atoms. The second-order valence-electron chi connectivity index (χ2n) is 4.93. The molecule has 0 atom stereocenters. The van der Waals surface area contributed by atoms with E-state index in [1.165, 1.54) is 6.08 Å². The van der Waals surface area contributed by atoms with Crippen LogP contribution in [-0.4, -0.2) is 21.1 Å². The molecule has 2 aromatic carbocycles. The van der Waals surface area contributed by atoms with Crippen molar-refractivity contribution in [3.8, 4) is 17.5 Å². The first-order valence-electron chi connectivity index (χ1n) is 7.21. The molecule has 0 aliphatic carbocycles. The van der Waals surface area contributed by atoms with Crippen LogP contribution in [0.1, 0.15) is 11.1 Å². The van der Waals surface area contributed by atoms with Gasteiger partial charge in [0.25, 0.3) is 5.91 Å². The number of anilines is 1. The molecule has 1 amide bonds. The van der Waals surface area contributed by atoms with Crippen LogP contribution in [0.3, 0.4) is 0 Å². The summed E-state index contributed by atoms with van der Waals surface area (Å²) in [5.74, 6) is 0.461. The van der Waals surface area contributed by atoms with Crippen molar-refractivity contribution < 1.29 is 4.79 Å². The van der Waals surface area contributed by atoms with Crippen molar-refractivity contribution in [1.29, 1.82) is 5.26 Å². The highest BCUT2D eigenvalue weighted by molar-refractivity contribution is 6.00. The number of aromatic nitrogens is 3. The van der Waals surface area contributed by atoms with Crippen molar-refractivity contribution in [1.82, 2.24) is 15.2 Å². The molecule has 1 aromatic heterocycles. The first-order chi connectivity index (χ1) is 11.7. The van der Waals surface area contributed by atoms with Crippen molar-refractivity contribution >= 4 is 17.9 Å². The molecule has 6 nitrogen and oxygen atoms in total. The van der Waals surface area contributed by atoms with Gasteiger partial charge in [-0.15, -0.1) is 5.10 Å². The van der Waals surface area contributed by atoms with Gasteiger partial charge in [0.05, 0.1) is 11.6 Å². The smallest absolute Gasteiger partial charge is 0.250 e. The molecule has 0 aliphatic rings. The number of hydrogen-bond donors (Lipinski definition) is 2. The van der Waals surface area contributed by atoms with Gasteiger partial charge in [0, 0.05) is 11.6 Å². The lowest BCUT2D eigenvalue weighted by Crippen LogP contribution is -2.09. The van der Waals surface area contributed by atoms with Gasteiger partial charge in [-0.2, -0.15) is 10.2 Å². The van der Waals surface area contributed by atoms with E-state index in [0.29, 0.717) is 11.4 Å². The summed E-state index contributed by atoms with van der Waals surface area (Å²) >= 11 is 0. The topological polar surface area (TPSA) is 94.5 Å². The molecule has 0 aliphatic heterocycles. The Morgan fingerprint density at radius 1 is 1.12 bits per heavy atom. The van der Waals surface area contributed by atoms with E-state index in [1.54, 1.807) is 30.3 Å². The van der Waals surface area contributed by atoms with Crippen molar-refractivity contribution in [2.24, 2.45) is 0 Å². The molecule has 116 valence electrons. The molecule has 1 heterocycles. The molecule has 0 saturated heterocycles. The maximum absolute atomic E-state index is 11.9. The molecule has 0 radical (unpaired) electrons. The number of rotatable bonds is 4. The summed E-state index contributed by atoms with van der Waals surface area (Å²) < 4.78 is 0. The van der Waals surface area contributed by atoms with Crippen LogP contribution < -0.4 is 5.32 Å². The number of carbonyl (C=O) groups excluding carboxylic acids is 1. The first-order valence-corrected chi connectivity index (χ1v) is 7.21. The number of H-pyrrole nitrogens is 1. The Bertz CT molecular complexity index is 905. The molecule has 0 unspecified atom stereocenters. The number of carbonyl (C=O) groups is 1. The van der Waals surface area contributed by atoms with E-state index in [2.05, 4.69) is 20.5 Å². The van der Waals surface area contributed by atoms with Gasteiger partial charge < -0.3 is 0 Å². The van der Waals surface area contributed by atoms with E-state index in [9.17, 15) is 4.79 Å². The standard InChI is InChI=1S/C18H13N5O/c19-12-14-8-6-13(7-9-14)10-11-16(24)20-18-21-17(22-23-18)15-4-2-1-3-5-15/h1-11H,(H2,20,21,22,23,24)/b11-10+. The lowest BCUT2D eigenvalue weighted by Gasteiger charge is -1.96. The molecule has 3 rings (SSSR count). The molecule has 0 fully saturated rings. The van der Waals surface area contributed by atoms with E-state index >= 15 is 0 Å². The van der Waals surface area contributed by atoms with Gasteiger partial charge in [-0.1, -0.05) is 42.5 Å². The van der Waals surface area contributed by atoms with E-state index in [0.717, 1.165) is 11.1 Å². The van der Waals surface area contributed by atoms with Crippen molar-refractivity contribution in [2.45, 2.75) is 0 Å². The number of benzene rings is 2. The van der Waals surface area contributed by atoms with E-state index in [1.807, 2.05) is 36.4 Å². The Hall–Kier alpha value is -3.72. The highest BCUT2D eigenvalue weighted by Crippen LogP contribution is 2.14. The minimum Gasteiger partial charge on any atom is -0.290 e. The Kier molecular flexibility index (Phi) is 4.45. The van der Waals surface area contributed by atoms with Crippen molar-refractivity contribution in [3.05, 3.63) is 71.8 Å². The van der Waals surface area contributed by atoms with Crippen LogP contribution >= 0.6 is 0 Å². The van der Waals surface area contributed by atoms with Crippen LogP contribution in [0.25, 0.3) is 17.5 Å². The molecule has 2 N–H and O–H groups in total. The average Bonchev–Trinajstić information content (AvgIpc) is 3.09. The van der Waals surface area contributed by atoms with Crippen LogP contribution in [0.15, 0.2) is 60.7 Å². The highest BCUT2D eigenvalue weighted by atomic mass is 16.1. The lowest BCUT2D eigenvalue weighted by atomic mass is 10.1. The second-order valence-corrected chi connectivity index (χ2v) is 4.93. The maximum atomic E-state index is 11.9. The van der Waals surface area contributed by atoms with Crippen LogP contribution in [0, 0.1) is 11.3 Å². The molecular formula is C18H13N5O. The summed E-state index contributed by atoms with van der Waals surface area (Å²) in [6.07, 6.45) is 3.04. The summed E-state index contributed by atoms with van der Waals surface area (Å²) in [6, 6.07) is 18.5. The third-order valence-electron chi connectivity index (χ3n) is 3.23. The Balaban J connectivity index is 1.63. The highest BCUT2D eigenvalue weighted by Gasteiger charge is 2.06. The Morgan fingerprint density at radius 3 is 2.58 bits per heavy atom. The zero-order valence-electron chi connectivity index (χ0n) is 12.6. The minimum atomic E-state index is -0.335. The molecule has 24 heavy (non-hydrogen) atoms. The van der Waals surface area contributed by atoms with Gasteiger partial charge in [-0.25, -0.2) is 0 Å². The van der Waals surface area contributed by atoms with Gasteiger partial charge in [-0.3, -0.25) is 15.2 Å². The molecule has 6 heteroatoms. The third kappa shape index (κ3) is 3.72. The predicted octanol–water partition coefficient (Wildman–Crippen LogP) is 3.00. The zero-order chi connectivity index (χ0) is 16.8. The first kappa shape index (κ1) is 15.2. The molecular weight excluding hydrogens is 302 g/mol. The van der Waals surface area contributed by atoms with Crippen LogP contribution in [0.5, 0.6) is 0 Å². The fourth-order valence-corrected chi connectivity index (χ4v) is 2.04. The lowest BCUT2D eigenvalue weighted by molar-refractivity contribution is -0.111. The van der Waals surface area contributed by atoms with Gasteiger partial charge >= 0.3 is 0 Å². The monoisotopic (exact) mass is 315 g/mol. The summed E-state index contributed by atoms with van der Waals surface area (Å²) in [7, 11) is 0. The van der Waals surface area contributed by atoms with E-state index in [4.69, 9.17) is 5.26 Å². The number of hydrogen-bond acceptors (Lipinski definition) is 4. The number of nitrogens with one attached hydrogen (secondary N) is 2. The van der Waals surface area contributed by atoms with Gasteiger partial charge in [0.1, 0.15) is 0 Å². The summed E-state index contributed by atoms with van der Waals surface area (Å²) in [5, 5.41) is 18.1. The summed E-state index contributed by atoms with van der Waals surface area (Å²) in [5.41, 5.74) is 2.29. The number of nitrogens with zero attached hydrogens (tertiary/aromatic N) is 3. The zero-order valence-corrected chi connectivity index (χ0v) is 12.6. The third-order valence-corrected chi connectivity index (χ3v) is 3.23. The second kappa shape index (κ2) is 7.03. The minimum absolute atomic E-state index is 0.211. The predicted molar refractivity (Wildman–Crippen MR) is 90.6 cm³/mol. The van der Waals surface area contributed by atoms with Gasteiger partial charge in [-0.05, 0) is 23.8 Å². The van der Waals surface area contributed by atoms with Gasteiger partial charge in [0.2, 0.25) is 5.95 Å². The normalized spacial score (nSPS) is 10.5.